The largest absolute Gasteiger partial charge is 0.476 e. The Morgan fingerprint density at radius 3 is 2.54 bits per heavy atom. The number of hydrogen-bond donors (Lipinski definition) is 2. The fraction of sp³-hybridized carbons (Fsp3) is 0.400. The number of carboxylic acid groups (broad SMARTS) is 1. The van der Waals surface area contributed by atoms with Crippen molar-refractivity contribution >= 4 is 11.9 Å². The molecule has 5 rings (SSSR count). The van der Waals surface area contributed by atoms with Gasteiger partial charge in [-0.3, -0.25) is 9.36 Å². The van der Waals surface area contributed by atoms with E-state index in [4.69, 9.17) is 4.74 Å². The number of nitrogens with zero attached hydrogens (tertiary/aromatic N) is 2. The first-order valence-corrected chi connectivity index (χ1v) is 9.30. The molecule has 1 aromatic heterocycles. The summed E-state index contributed by atoms with van der Waals surface area (Å²) in [5, 5.41) is 12.9. The quantitative estimate of drug-likeness (QED) is 0.774. The number of fused-ring (bicyclic) bond motifs is 2. The van der Waals surface area contributed by atoms with Crippen LogP contribution in [0.5, 0.6) is 5.75 Å². The van der Waals surface area contributed by atoms with Crippen LogP contribution in [0.2, 0.25) is 0 Å². The maximum absolute atomic E-state index is 13.2. The third-order valence-corrected chi connectivity index (χ3v) is 5.84. The summed E-state index contributed by atoms with van der Waals surface area (Å²) in [6.45, 7) is 0.445. The highest BCUT2D eigenvalue weighted by Gasteiger charge is 2.44. The van der Waals surface area contributed by atoms with Gasteiger partial charge >= 0.3 is 11.9 Å². The van der Waals surface area contributed by atoms with Crippen molar-refractivity contribution in [3.63, 3.8) is 0 Å². The third kappa shape index (κ3) is 2.90. The Hall–Kier alpha value is -3.00. The molecule has 3 aliphatic rings. The van der Waals surface area contributed by atoms with E-state index in [1.54, 1.807) is 25.2 Å². The molecule has 1 fully saturated rings. The van der Waals surface area contributed by atoms with Gasteiger partial charge in [-0.15, -0.1) is 0 Å². The van der Waals surface area contributed by atoms with Gasteiger partial charge < -0.3 is 15.2 Å². The van der Waals surface area contributed by atoms with E-state index in [0.29, 0.717) is 18.3 Å². The van der Waals surface area contributed by atoms with Gasteiger partial charge in [0.25, 0.3) is 5.56 Å². The van der Waals surface area contributed by atoms with Crippen LogP contribution >= 0.6 is 0 Å². The maximum Gasteiger partial charge on any atom is 0.358 e. The maximum atomic E-state index is 13.2. The molecule has 146 valence electrons. The molecule has 28 heavy (non-hydrogen) atoms. The van der Waals surface area contributed by atoms with E-state index in [9.17, 15) is 19.5 Å². The predicted octanol–water partition coefficient (Wildman–Crippen LogP) is 1.78. The van der Waals surface area contributed by atoms with Crippen molar-refractivity contribution in [3.8, 4) is 5.75 Å². The van der Waals surface area contributed by atoms with Gasteiger partial charge in [0.2, 0.25) is 5.75 Å². The first kappa shape index (κ1) is 18.4. The third-order valence-electron chi connectivity index (χ3n) is 5.84. The number of carboxylic acids is 1. The van der Waals surface area contributed by atoms with Crippen LogP contribution in [0.1, 0.15) is 52.4 Å². The van der Waals surface area contributed by atoms with Crippen LogP contribution in [0, 0.1) is 5.92 Å². The standard InChI is InChI=1S/C20H21N3O5/c1-21-20-9-7-12(8-10-20)11-23-16(24)15(14(17(25)26)22-19(20)23)28-18(27)13-5-3-2-4-6-13/h2-6,12,21H,7-11H2,1H3,(H,25,26). The van der Waals surface area contributed by atoms with Crippen molar-refractivity contribution in [1.82, 2.24) is 14.9 Å². The highest BCUT2D eigenvalue weighted by atomic mass is 16.5. The number of aromatic nitrogens is 2. The lowest BCUT2D eigenvalue weighted by molar-refractivity contribution is 0.0670. The Balaban J connectivity index is 1.86. The summed E-state index contributed by atoms with van der Waals surface area (Å²) < 4.78 is 6.74. The molecule has 1 aromatic carbocycles. The summed E-state index contributed by atoms with van der Waals surface area (Å²) in [6, 6.07) is 8.13. The van der Waals surface area contributed by atoms with Crippen LogP contribution in [0.3, 0.4) is 0 Å². The minimum Gasteiger partial charge on any atom is -0.476 e. The van der Waals surface area contributed by atoms with Gasteiger partial charge in [-0.25, -0.2) is 14.6 Å². The van der Waals surface area contributed by atoms with E-state index in [1.807, 2.05) is 0 Å². The first-order chi connectivity index (χ1) is 13.4. The number of aromatic carboxylic acids is 1. The molecule has 2 aliphatic heterocycles. The Morgan fingerprint density at radius 1 is 1.25 bits per heavy atom. The number of benzene rings is 1. The lowest BCUT2D eigenvalue weighted by Crippen LogP contribution is -2.45. The molecule has 0 saturated heterocycles. The van der Waals surface area contributed by atoms with Gasteiger partial charge in [0.05, 0.1) is 11.1 Å². The lowest BCUT2D eigenvalue weighted by atomic mass is 9.77. The molecular weight excluding hydrogens is 362 g/mol. The summed E-state index contributed by atoms with van der Waals surface area (Å²) in [7, 11) is 1.80. The zero-order valence-corrected chi connectivity index (χ0v) is 15.5. The monoisotopic (exact) mass is 383 g/mol. The Bertz CT molecular complexity index is 991. The second-order valence-corrected chi connectivity index (χ2v) is 7.37. The minimum absolute atomic E-state index is 0.227. The molecule has 0 radical (unpaired) electrons. The summed E-state index contributed by atoms with van der Waals surface area (Å²) >= 11 is 0. The molecule has 2 N–H and O–H groups in total. The number of nitrogens with one attached hydrogen (secondary N) is 1. The van der Waals surface area contributed by atoms with Crippen molar-refractivity contribution < 1.29 is 19.4 Å². The van der Waals surface area contributed by atoms with Crippen molar-refractivity contribution in [1.29, 1.82) is 0 Å². The zero-order valence-electron chi connectivity index (χ0n) is 15.5. The van der Waals surface area contributed by atoms with E-state index in [1.165, 1.54) is 16.7 Å². The zero-order chi connectivity index (χ0) is 19.9. The summed E-state index contributed by atoms with van der Waals surface area (Å²) in [5.41, 5.74) is -1.47. The molecule has 8 heteroatoms. The van der Waals surface area contributed by atoms with E-state index in [2.05, 4.69) is 10.3 Å². The van der Waals surface area contributed by atoms with Gasteiger partial charge in [0.15, 0.2) is 5.69 Å². The number of carbonyl (C=O) groups excluding carboxylic acids is 1. The second kappa shape index (κ2) is 6.87. The van der Waals surface area contributed by atoms with Gasteiger partial charge in [-0.2, -0.15) is 0 Å². The molecule has 8 nitrogen and oxygen atoms in total. The highest BCUT2D eigenvalue weighted by Crippen LogP contribution is 2.42. The van der Waals surface area contributed by atoms with Crippen molar-refractivity contribution in [2.24, 2.45) is 5.92 Å². The first-order valence-electron chi connectivity index (χ1n) is 9.30. The molecular formula is C20H21N3O5. The summed E-state index contributed by atoms with van der Waals surface area (Å²) in [4.78, 5) is 41.8. The van der Waals surface area contributed by atoms with Crippen LogP contribution < -0.4 is 15.6 Å². The molecule has 0 atom stereocenters. The SMILES string of the molecule is CNC12CCC(CC1)Cn1c2nc(C(=O)O)c(OC(=O)c2ccccc2)c1=O. The van der Waals surface area contributed by atoms with E-state index >= 15 is 0 Å². The smallest absolute Gasteiger partial charge is 0.358 e. The van der Waals surface area contributed by atoms with Crippen LogP contribution in [0.15, 0.2) is 35.1 Å². The molecule has 0 unspecified atom stereocenters. The summed E-state index contributed by atoms with van der Waals surface area (Å²) in [6.07, 6.45) is 3.40. The van der Waals surface area contributed by atoms with Crippen LogP contribution in [0.25, 0.3) is 0 Å². The molecule has 0 amide bonds. The normalized spacial score (nSPS) is 23.0. The lowest BCUT2D eigenvalue weighted by Gasteiger charge is -2.36. The average Bonchev–Trinajstić information content (AvgIpc) is 2.97. The minimum atomic E-state index is -1.40. The molecule has 2 aromatic rings. The Kier molecular flexibility index (Phi) is 4.50. The van der Waals surface area contributed by atoms with Crippen molar-refractivity contribution in [3.05, 3.63) is 57.8 Å². The Labute approximate surface area is 161 Å². The Morgan fingerprint density at radius 2 is 1.93 bits per heavy atom. The highest BCUT2D eigenvalue weighted by molar-refractivity contribution is 5.94. The van der Waals surface area contributed by atoms with Crippen LogP contribution in [-0.4, -0.2) is 33.6 Å². The van der Waals surface area contributed by atoms with E-state index in [-0.39, 0.29) is 5.56 Å². The average molecular weight is 383 g/mol. The second-order valence-electron chi connectivity index (χ2n) is 7.37. The van der Waals surface area contributed by atoms with E-state index < -0.39 is 34.5 Å². The molecule has 1 aliphatic carbocycles. The molecule has 0 spiro atoms. The number of esters is 1. The van der Waals surface area contributed by atoms with Gasteiger partial charge in [0, 0.05) is 6.54 Å². The fourth-order valence-corrected chi connectivity index (χ4v) is 4.23. The fourth-order valence-electron chi connectivity index (χ4n) is 4.23. The molecule has 1 saturated carbocycles. The summed E-state index contributed by atoms with van der Waals surface area (Å²) in [5.74, 6) is -1.99. The predicted molar refractivity (Wildman–Crippen MR) is 99.6 cm³/mol. The van der Waals surface area contributed by atoms with Gasteiger partial charge in [0.1, 0.15) is 5.82 Å². The molecule has 3 heterocycles. The molecule has 2 bridgehead atoms. The number of ether oxygens (including phenoxy) is 1. The van der Waals surface area contributed by atoms with Crippen molar-refractivity contribution in [2.75, 3.05) is 7.05 Å². The van der Waals surface area contributed by atoms with Crippen molar-refractivity contribution in [2.45, 2.75) is 37.8 Å². The number of hydrogen-bond acceptors (Lipinski definition) is 6. The number of carbonyl (C=O) groups is 2. The van der Waals surface area contributed by atoms with Gasteiger partial charge in [-0.05, 0) is 50.8 Å². The van der Waals surface area contributed by atoms with Gasteiger partial charge in [-0.1, -0.05) is 18.2 Å². The van der Waals surface area contributed by atoms with Crippen LogP contribution in [0.4, 0.5) is 0 Å². The topological polar surface area (TPSA) is 111 Å². The van der Waals surface area contributed by atoms with Crippen LogP contribution in [-0.2, 0) is 12.1 Å². The van der Waals surface area contributed by atoms with E-state index in [0.717, 1.165) is 25.7 Å². The number of rotatable bonds is 4.